The van der Waals surface area contributed by atoms with Gasteiger partial charge in [-0.1, -0.05) is 152 Å². The molecule has 0 fully saturated rings. The van der Waals surface area contributed by atoms with Crippen LogP contribution in [-0.2, 0) is 0 Å². The molecule has 10 aromatic carbocycles. The Bertz CT molecular complexity index is 3050. The first-order chi connectivity index (χ1) is 25.8. The van der Waals surface area contributed by atoms with Crippen molar-refractivity contribution in [1.29, 1.82) is 0 Å². The lowest BCUT2D eigenvalue weighted by atomic mass is 9.87. The molecule has 52 heavy (non-hydrogen) atoms. The van der Waals surface area contributed by atoms with E-state index < -0.39 is 0 Å². The summed E-state index contributed by atoms with van der Waals surface area (Å²) in [5, 5.41) is 14.8. The highest BCUT2D eigenvalue weighted by Gasteiger charge is 2.20. The molecule has 11 aromatic rings. The zero-order valence-electron chi connectivity index (χ0n) is 28.1. The Labute approximate surface area is 299 Å². The Morgan fingerprint density at radius 1 is 0.250 bits per heavy atom. The minimum absolute atomic E-state index is 0.649. The van der Waals surface area contributed by atoms with Gasteiger partial charge in [0.1, 0.15) is 0 Å². The smallest absolute Gasteiger partial charge is 0.164 e. The van der Waals surface area contributed by atoms with Crippen LogP contribution in [0.2, 0.25) is 0 Å². The summed E-state index contributed by atoms with van der Waals surface area (Å²) in [4.78, 5) is 15.6. The molecule has 0 aliphatic carbocycles. The van der Waals surface area contributed by atoms with Crippen LogP contribution in [0.25, 0.3) is 110 Å². The zero-order valence-corrected chi connectivity index (χ0v) is 28.1. The number of nitrogens with zero attached hydrogens (tertiary/aromatic N) is 3. The van der Waals surface area contributed by atoms with E-state index in [0.717, 1.165) is 33.2 Å². The van der Waals surface area contributed by atoms with E-state index in [-0.39, 0.29) is 0 Å². The maximum atomic E-state index is 5.26. The minimum atomic E-state index is 0.649. The predicted molar refractivity (Wildman–Crippen MR) is 218 cm³/mol. The van der Waals surface area contributed by atoms with Crippen LogP contribution in [0.15, 0.2) is 176 Å². The molecule has 1 aromatic heterocycles. The fourth-order valence-electron chi connectivity index (χ4n) is 8.23. The second kappa shape index (κ2) is 11.3. The molecule has 0 N–H and O–H groups in total. The van der Waals surface area contributed by atoms with Crippen molar-refractivity contribution >= 4 is 64.6 Å². The van der Waals surface area contributed by atoms with Crippen LogP contribution in [0.4, 0.5) is 0 Å². The van der Waals surface area contributed by atoms with Crippen molar-refractivity contribution in [3.63, 3.8) is 0 Å². The molecule has 0 unspecified atom stereocenters. The van der Waals surface area contributed by atoms with E-state index in [4.69, 9.17) is 15.0 Å². The van der Waals surface area contributed by atoms with Gasteiger partial charge in [-0.3, -0.25) is 0 Å². The van der Waals surface area contributed by atoms with Crippen molar-refractivity contribution in [3.05, 3.63) is 176 Å². The minimum Gasteiger partial charge on any atom is -0.208 e. The maximum absolute atomic E-state index is 5.26. The summed E-state index contributed by atoms with van der Waals surface area (Å²) in [6.07, 6.45) is 0. The molecule has 0 bridgehead atoms. The van der Waals surface area contributed by atoms with Gasteiger partial charge < -0.3 is 0 Å². The van der Waals surface area contributed by atoms with Gasteiger partial charge in [0.25, 0.3) is 0 Å². The van der Waals surface area contributed by atoms with E-state index in [0.29, 0.717) is 17.5 Å². The molecule has 0 radical (unpaired) electrons. The average Bonchev–Trinajstić information content (AvgIpc) is 3.23. The van der Waals surface area contributed by atoms with Crippen molar-refractivity contribution in [2.45, 2.75) is 0 Å². The topological polar surface area (TPSA) is 38.7 Å². The second-order valence-corrected chi connectivity index (χ2v) is 13.6. The molecule has 3 heteroatoms. The van der Waals surface area contributed by atoms with Crippen LogP contribution in [0.1, 0.15) is 0 Å². The highest BCUT2D eigenvalue weighted by molar-refractivity contribution is 6.29. The molecule has 11 rings (SSSR count). The average molecular weight is 660 g/mol. The summed E-state index contributed by atoms with van der Waals surface area (Å²) < 4.78 is 0. The Morgan fingerprint density at radius 3 is 1.29 bits per heavy atom. The van der Waals surface area contributed by atoms with Gasteiger partial charge in [-0.15, -0.1) is 0 Å². The van der Waals surface area contributed by atoms with Gasteiger partial charge >= 0.3 is 0 Å². The quantitative estimate of drug-likeness (QED) is 0.177. The number of hydrogen-bond donors (Lipinski definition) is 0. The molecule has 3 nitrogen and oxygen atoms in total. The SMILES string of the molecule is c1ccc(-c2nc(-c3ccccc3)nc(-c3cc(-c4cc5ccc6cccc7ccc(c4)c5c67)cc4c5ccccc5c5ccccc5c34)n2)cc1. The number of aromatic nitrogens is 3. The van der Waals surface area contributed by atoms with E-state index >= 15 is 0 Å². The molecule has 0 atom stereocenters. The fourth-order valence-corrected chi connectivity index (χ4v) is 8.23. The van der Waals surface area contributed by atoms with Gasteiger partial charge in [0.05, 0.1) is 0 Å². The highest BCUT2D eigenvalue weighted by atomic mass is 15.0. The summed E-state index contributed by atoms with van der Waals surface area (Å²) in [7, 11) is 0. The van der Waals surface area contributed by atoms with Crippen molar-refractivity contribution in [2.24, 2.45) is 0 Å². The van der Waals surface area contributed by atoms with Crippen molar-refractivity contribution in [3.8, 4) is 45.3 Å². The van der Waals surface area contributed by atoms with Gasteiger partial charge in [-0.05, 0) is 94.6 Å². The summed E-state index contributed by atoms with van der Waals surface area (Å²) in [5.41, 5.74) is 5.16. The van der Waals surface area contributed by atoms with Gasteiger partial charge in [0, 0.05) is 22.1 Å². The number of hydrogen-bond acceptors (Lipinski definition) is 3. The Kier molecular flexibility index (Phi) is 6.25. The van der Waals surface area contributed by atoms with Gasteiger partial charge in [0.15, 0.2) is 17.5 Å². The Balaban J connectivity index is 1.27. The maximum Gasteiger partial charge on any atom is 0.164 e. The molecule has 0 amide bonds. The van der Waals surface area contributed by atoms with Crippen molar-refractivity contribution < 1.29 is 0 Å². The number of rotatable bonds is 4. The standard InChI is InChI=1S/C49H29N3/c1-3-12-32(13-4-1)47-50-48(33-14-5-2-6-15-33)52-49(51-47)43-29-37(28-42-40-20-8-7-18-38(40)39-19-9-10-21-41(39)46(42)43)36-26-34-24-22-30-16-11-17-31-23-25-35(27-36)45(34)44(30)31/h1-29H. The van der Waals surface area contributed by atoms with Crippen LogP contribution in [-0.4, -0.2) is 15.0 Å². The molecule has 0 aliphatic rings. The molecule has 0 spiro atoms. The third kappa shape index (κ3) is 4.43. The van der Waals surface area contributed by atoms with Gasteiger partial charge in [-0.25, -0.2) is 15.0 Å². The molecular weight excluding hydrogens is 631 g/mol. The van der Waals surface area contributed by atoms with Crippen LogP contribution >= 0.6 is 0 Å². The molecule has 1 heterocycles. The fraction of sp³-hybridized carbons (Fsp3) is 0. The van der Waals surface area contributed by atoms with Crippen LogP contribution < -0.4 is 0 Å². The van der Waals surface area contributed by atoms with E-state index in [2.05, 4.69) is 140 Å². The number of fused-ring (bicyclic) bond motifs is 6. The van der Waals surface area contributed by atoms with Crippen LogP contribution in [0, 0.1) is 0 Å². The second-order valence-electron chi connectivity index (χ2n) is 13.6. The molecule has 0 saturated carbocycles. The van der Waals surface area contributed by atoms with E-state index in [1.165, 1.54) is 59.2 Å². The first-order valence-electron chi connectivity index (χ1n) is 17.7. The van der Waals surface area contributed by atoms with Crippen molar-refractivity contribution in [1.82, 2.24) is 15.0 Å². The monoisotopic (exact) mass is 659 g/mol. The van der Waals surface area contributed by atoms with E-state index in [1.54, 1.807) is 0 Å². The largest absolute Gasteiger partial charge is 0.208 e. The third-order valence-electron chi connectivity index (χ3n) is 10.6. The lowest BCUT2D eigenvalue weighted by Crippen LogP contribution is -2.01. The Morgan fingerprint density at radius 2 is 0.692 bits per heavy atom. The summed E-state index contributed by atoms with van der Waals surface area (Å²) in [5.74, 6) is 1.95. The first kappa shape index (κ1) is 28.8. The van der Waals surface area contributed by atoms with Crippen LogP contribution in [0.5, 0.6) is 0 Å². The van der Waals surface area contributed by atoms with E-state index in [9.17, 15) is 0 Å². The molecule has 0 saturated heterocycles. The van der Waals surface area contributed by atoms with Crippen molar-refractivity contribution in [2.75, 3.05) is 0 Å². The molecule has 0 aliphatic heterocycles. The zero-order chi connectivity index (χ0) is 34.2. The van der Waals surface area contributed by atoms with E-state index in [1.807, 2.05) is 36.4 Å². The third-order valence-corrected chi connectivity index (χ3v) is 10.6. The first-order valence-corrected chi connectivity index (χ1v) is 17.7. The summed E-state index contributed by atoms with van der Waals surface area (Å²) in [6.45, 7) is 0. The number of benzene rings is 10. The summed E-state index contributed by atoms with van der Waals surface area (Å²) >= 11 is 0. The molecular formula is C49H29N3. The lowest BCUT2D eigenvalue weighted by Gasteiger charge is -2.18. The lowest BCUT2D eigenvalue weighted by molar-refractivity contribution is 1.08. The van der Waals surface area contributed by atoms with Gasteiger partial charge in [-0.2, -0.15) is 0 Å². The summed E-state index contributed by atoms with van der Waals surface area (Å²) in [6, 6.07) is 62.9. The van der Waals surface area contributed by atoms with Crippen LogP contribution in [0.3, 0.4) is 0 Å². The Hall–Kier alpha value is -6.97. The van der Waals surface area contributed by atoms with Gasteiger partial charge in [0.2, 0.25) is 0 Å². The normalized spacial score (nSPS) is 11.8. The molecule has 240 valence electrons. The predicted octanol–water partition coefficient (Wildman–Crippen LogP) is 12.9. The highest BCUT2D eigenvalue weighted by Crippen LogP contribution is 2.44.